The molecule has 0 heterocycles. The van der Waals surface area contributed by atoms with Gasteiger partial charge >= 0.3 is 0 Å². The van der Waals surface area contributed by atoms with E-state index in [9.17, 15) is 9.59 Å². The first-order chi connectivity index (χ1) is 9.06. The second kappa shape index (κ2) is 5.84. The molecule has 2 rings (SSSR count). The third-order valence-corrected chi connectivity index (χ3v) is 3.52. The van der Waals surface area contributed by atoms with E-state index in [1.54, 1.807) is 24.3 Å². The average molecular weight is 261 g/mol. The minimum Gasteiger partial charge on any atom is -0.366 e. The monoisotopic (exact) mass is 261 g/mol. The largest absolute Gasteiger partial charge is 0.366 e. The van der Waals surface area contributed by atoms with Crippen molar-refractivity contribution >= 4 is 17.5 Å². The van der Waals surface area contributed by atoms with E-state index in [4.69, 9.17) is 11.5 Å². The Kier molecular flexibility index (Phi) is 4.16. The van der Waals surface area contributed by atoms with Crippen LogP contribution in [0.25, 0.3) is 0 Å². The summed E-state index contributed by atoms with van der Waals surface area (Å²) in [5.41, 5.74) is 12.1. The van der Waals surface area contributed by atoms with E-state index in [0.29, 0.717) is 11.3 Å². The van der Waals surface area contributed by atoms with Crippen molar-refractivity contribution in [2.24, 2.45) is 17.4 Å². The highest BCUT2D eigenvalue weighted by Crippen LogP contribution is 2.24. The lowest BCUT2D eigenvalue weighted by molar-refractivity contribution is -0.120. The highest BCUT2D eigenvalue weighted by Gasteiger charge is 2.25. The second-order valence-corrected chi connectivity index (χ2v) is 5.05. The maximum atomic E-state index is 12.1. The quantitative estimate of drug-likeness (QED) is 0.763. The Hall–Kier alpha value is -1.88. The van der Waals surface area contributed by atoms with Crippen molar-refractivity contribution < 1.29 is 9.59 Å². The van der Waals surface area contributed by atoms with Crippen LogP contribution in [0.2, 0.25) is 0 Å². The number of nitrogens with two attached hydrogens (primary N) is 2. The van der Waals surface area contributed by atoms with Crippen molar-refractivity contribution in [1.29, 1.82) is 0 Å². The summed E-state index contributed by atoms with van der Waals surface area (Å²) < 4.78 is 0. The first-order valence-electron chi connectivity index (χ1n) is 6.52. The number of nitrogens with one attached hydrogen (secondary N) is 1. The smallest absolute Gasteiger partial charge is 0.248 e. The fraction of sp³-hybridized carbons (Fsp3) is 0.429. The van der Waals surface area contributed by atoms with Crippen LogP contribution in [0.4, 0.5) is 5.69 Å². The van der Waals surface area contributed by atoms with Gasteiger partial charge in [-0.3, -0.25) is 9.59 Å². The zero-order valence-electron chi connectivity index (χ0n) is 10.8. The minimum absolute atomic E-state index is 0.00183. The van der Waals surface area contributed by atoms with Crippen LogP contribution in [-0.4, -0.2) is 17.9 Å². The molecule has 5 N–H and O–H groups in total. The van der Waals surface area contributed by atoms with Gasteiger partial charge in [-0.1, -0.05) is 6.42 Å². The second-order valence-electron chi connectivity index (χ2n) is 5.05. The molecular weight excluding hydrogens is 242 g/mol. The lowest BCUT2D eigenvalue weighted by Crippen LogP contribution is -2.34. The van der Waals surface area contributed by atoms with Crippen LogP contribution in [0.15, 0.2) is 24.3 Å². The van der Waals surface area contributed by atoms with E-state index in [2.05, 4.69) is 5.32 Å². The molecule has 0 saturated heterocycles. The van der Waals surface area contributed by atoms with Gasteiger partial charge in [-0.2, -0.15) is 0 Å². The molecule has 5 nitrogen and oxygen atoms in total. The van der Waals surface area contributed by atoms with Crippen LogP contribution >= 0.6 is 0 Å². The van der Waals surface area contributed by atoms with Crippen LogP contribution in [0.5, 0.6) is 0 Å². The topological polar surface area (TPSA) is 98.2 Å². The van der Waals surface area contributed by atoms with Crippen molar-refractivity contribution in [3.63, 3.8) is 0 Å². The standard InChI is InChI=1S/C14H19N3O2/c15-11-3-1-2-10(8-11)14(19)17-12-6-4-9(5-7-12)13(16)18/h4-7,10-11H,1-3,8,15H2,(H2,16,18)(H,17,19). The Labute approximate surface area is 112 Å². The third-order valence-electron chi connectivity index (χ3n) is 3.52. The fourth-order valence-electron chi connectivity index (χ4n) is 2.43. The molecule has 2 unspecified atom stereocenters. The number of primary amides is 1. The molecule has 0 spiro atoms. The fourth-order valence-corrected chi connectivity index (χ4v) is 2.43. The maximum Gasteiger partial charge on any atom is 0.248 e. The molecule has 1 aromatic carbocycles. The first-order valence-corrected chi connectivity index (χ1v) is 6.52. The van der Waals surface area contributed by atoms with Crippen LogP contribution in [-0.2, 0) is 4.79 Å². The molecule has 1 saturated carbocycles. The van der Waals surface area contributed by atoms with E-state index in [0.717, 1.165) is 25.7 Å². The van der Waals surface area contributed by atoms with Gasteiger partial charge in [0.05, 0.1) is 0 Å². The molecule has 0 bridgehead atoms. The van der Waals surface area contributed by atoms with Gasteiger partial charge in [0, 0.05) is 23.2 Å². The summed E-state index contributed by atoms with van der Waals surface area (Å²) in [6.45, 7) is 0. The van der Waals surface area contributed by atoms with Crippen molar-refractivity contribution in [1.82, 2.24) is 0 Å². The molecule has 1 aliphatic carbocycles. The highest BCUT2D eigenvalue weighted by atomic mass is 16.2. The summed E-state index contributed by atoms with van der Waals surface area (Å²) in [5, 5.41) is 2.85. The molecule has 0 radical (unpaired) electrons. The summed E-state index contributed by atoms with van der Waals surface area (Å²) in [6, 6.07) is 6.69. The van der Waals surface area contributed by atoms with Gasteiger partial charge in [0.15, 0.2) is 0 Å². The molecule has 0 aromatic heterocycles. The van der Waals surface area contributed by atoms with Crippen LogP contribution in [0, 0.1) is 5.92 Å². The Morgan fingerprint density at radius 3 is 2.42 bits per heavy atom. The molecule has 1 fully saturated rings. The zero-order chi connectivity index (χ0) is 13.8. The van der Waals surface area contributed by atoms with Crippen molar-refractivity contribution in [3.05, 3.63) is 29.8 Å². The van der Waals surface area contributed by atoms with Gasteiger partial charge in [0.2, 0.25) is 11.8 Å². The van der Waals surface area contributed by atoms with E-state index in [1.165, 1.54) is 0 Å². The van der Waals surface area contributed by atoms with Gasteiger partial charge in [0.1, 0.15) is 0 Å². The van der Waals surface area contributed by atoms with Crippen molar-refractivity contribution in [3.8, 4) is 0 Å². The van der Waals surface area contributed by atoms with Gasteiger partial charge < -0.3 is 16.8 Å². The maximum absolute atomic E-state index is 12.1. The predicted molar refractivity (Wildman–Crippen MR) is 73.5 cm³/mol. The number of hydrogen-bond acceptors (Lipinski definition) is 3. The Bertz CT molecular complexity index is 470. The van der Waals surface area contributed by atoms with Crippen LogP contribution < -0.4 is 16.8 Å². The minimum atomic E-state index is -0.476. The number of carbonyl (C=O) groups is 2. The normalized spacial score (nSPS) is 22.8. The Morgan fingerprint density at radius 1 is 1.16 bits per heavy atom. The number of amides is 2. The van der Waals surface area contributed by atoms with E-state index in [1.807, 2.05) is 0 Å². The molecule has 2 amide bonds. The lowest BCUT2D eigenvalue weighted by atomic mass is 9.85. The van der Waals surface area contributed by atoms with E-state index in [-0.39, 0.29) is 17.9 Å². The van der Waals surface area contributed by atoms with Gasteiger partial charge in [-0.15, -0.1) is 0 Å². The van der Waals surface area contributed by atoms with Crippen molar-refractivity contribution in [2.45, 2.75) is 31.7 Å². The number of hydrogen-bond donors (Lipinski definition) is 3. The summed E-state index contributed by atoms with van der Waals surface area (Å²) in [7, 11) is 0. The molecule has 1 aliphatic rings. The number of rotatable bonds is 3. The molecule has 1 aromatic rings. The molecule has 0 aliphatic heterocycles. The number of benzene rings is 1. The van der Waals surface area contributed by atoms with E-state index < -0.39 is 5.91 Å². The average Bonchev–Trinajstić information content (AvgIpc) is 2.39. The number of carbonyl (C=O) groups excluding carboxylic acids is 2. The van der Waals surface area contributed by atoms with Crippen LogP contribution in [0.3, 0.4) is 0 Å². The van der Waals surface area contributed by atoms with Gasteiger partial charge in [-0.25, -0.2) is 0 Å². The SMILES string of the molecule is NC(=O)c1ccc(NC(=O)C2CCCC(N)C2)cc1. The summed E-state index contributed by atoms with van der Waals surface area (Å²) in [5.74, 6) is -0.488. The predicted octanol–water partition coefficient (Wildman–Crippen LogP) is 1.24. The van der Waals surface area contributed by atoms with E-state index >= 15 is 0 Å². The highest BCUT2D eigenvalue weighted by molar-refractivity contribution is 5.95. The first kappa shape index (κ1) is 13.5. The van der Waals surface area contributed by atoms with Crippen LogP contribution in [0.1, 0.15) is 36.0 Å². The molecule has 102 valence electrons. The van der Waals surface area contributed by atoms with Crippen molar-refractivity contribution in [2.75, 3.05) is 5.32 Å². The summed E-state index contributed by atoms with van der Waals surface area (Å²) in [4.78, 5) is 23.0. The summed E-state index contributed by atoms with van der Waals surface area (Å²) in [6.07, 6.45) is 3.63. The molecular formula is C14H19N3O2. The Balaban J connectivity index is 1.96. The third kappa shape index (κ3) is 3.54. The molecule has 2 atom stereocenters. The van der Waals surface area contributed by atoms with Gasteiger partial charge in [-0.05, 0) is 43.5 Å². The molecule has 5 heteroatoms. The summed E-state index contributed by atoms with van der Waals surface area (Å²) >= 11 is 0. The lowest BCUT2D eigenvalue weighted by Gasteiger charge is -2.25. The zero-order valence-corrected chi connectivity index (χ0v) is 10.8. The number of anilines is 1. The Morgan fingerprint density at radius 2 is 1.84 bits per heavy atom. The molecule has 19 heavy (non-hydrogen) atoms. The van der Waals surface area contributed by atoms with Gasteiger partial charge in [0.25, 0.3) is 0 Å².